The fourth-order valence-corrected chi connectivity index (χ4v) is 4.20. The first-order chi connectivity index (χ1) is 13.2. The summed E-state index contributed by atoms with van der Waals surface area (Å²) in [7, 11) is 2.11. The Morgan fingerprint density at radius 1 is 1.04 bits per heavy atom. The van der Waals surface area contributed by atoms with E-state index in [0.717, 1.165) is 65.8 Å². The summed E-state index contributed by atoms with van der Waals surface area (Å²) in [5.41, 5.74) is 4.69. The van der Waals surface area contributed by atoms with Gasteiger partial charge in [0.25, 0.3) is 0 Å². The summed E-state index contributed by atoms with van der Waals surface area (Å²) >= 11 is 0. The molecule has 0 radical (unpaired) electrons. The van der Waals surface area contributed by atoms with Crippen LogP contribution in [0.5, 0.6) is 0 Å². The maximum absolute atomic E-state index is 15.1. The first-order valence-electron chi connectivity index (χ1n) is 9.60. The summed E-state index contributed by atoms with van der Waals surface area (Å²) in [4.78, 5) is 9.25. The number of piperazine rings is 1. The number of rotatable bonds is 2. The molecule has 0 unspecified atom stereocenters. The number of para-hydroxylation sites is 1. The third-order valence-electron chi connectivity index (χ3n) is 5.78. The van der Waals surface area contributed by atoms with Gasteiger partial charge in [0.15, 0.2) is 0 Å². The summed E-state index contributed by atoms with van der Waals surface area (Å²) in [5, 5.41) is 2.01. The van der Waals surface area contributed by atoms with Crippen LogP contribution in [0.1, 0.15) is 6.92 Å². The van der Waals surface area contributed by atoms with Crippen molar-refractivity contribution in [3.8, 4) is 11.3 Å². The highest BCUT2D eigenvalue weighted by molar-refractivity contribution is 6.06. The van der Waals surface area contributed by atoms with Crippen molar-refractivity contribution in [1.29, 1.82) is 0 Å². The number of halogens is 1. The van der Waals surface area contributed by atoms with Crippen molar-refractivity contribution < 1.29 is 4.39 Å². The van der Waals surface area contributed by atoms with E-state index in [1.165, 1.54) is 0 Å². The number of pyridine rings is 1. The lowest BCUT2D eigenvalue weighted by Gasteiger charge is -2.34. The van der Waals surface area contributed by atoms with Gasteiger partial charge in [-0.25, -0.2) is 9.37 Å². The minimum Gasteiger partial charge on any atom is -0.367 e. The van der Waals surface area contributed by atoms with Gasteiger partial charge in [0.05, 0.1) is 22.4 Å². The second-order valence-corrected chi connectivity index (χ2v) is 7.42. The van der Waals surface area contributed by atoms with Gasteiger partial charge in [0.2, 0.25) is 0 Å². The van der Waals surface area contributed by atoms with Gasteiger partial charge in [-0.1, -0.05) is 18.2 Å². The minimum absolute atomic E-state index is 0.158. The number of hydrogen-bond donors (Lipinski definition) is 0. The van der Waals surface area contributed by atoms with Crippen LogP contribution in [0.3, 0.4) is 0 Å². The predicted molar refractivity (Wildman–Crippen MR) is 109 cm³/mol. The number of aromatic nitrogens is 2. The smallest absolute Gasteiger partial charge is 0.147 e. The standard InChI is InChI=1S/C22H23FN4/c1-3-26-14-17-15-6-4-5-7-19(15)24-22(17)16-12-18(23)21(13-20(16)26)27-10-8-25(2)9-11-27/h4-7,12-14H,3,8-11H2,1-2H3. The topological polar surface area (TPSA) is 24.3 Å². The first-order valence-corrected chi connectivity index (χ1v) is 9.60. The third kappa shape index (κ3) is 2.57. The number of aryl methyl sites for hydroxylation is 1. The molecule has 0 aromatic heterocycles. The van der Waals surface area contributed by atoms with Crippen LogP contribution in [-0.2, 0) is 6.54 Å². The van der Waals surface area contributed by atoms with E-state index in [1.54, 1.807) is 6.07 Å². The highest BCUT2D eigenvalue weighted by Crippen LogP contribution is 2.38. The summed E-state index contributed by atoms with van der Waals surface area (Å²) in [6.45, 7) is 6.58. The van der Waals surface area contributed by atoms with Crippen LogP contribution in [0.4, 0.5) is 10.1 Å². The van der Waals surface area contributed by atoms with E-state index in [4.69, 9.17) is 4.98 Å². The van der Waals surface area contributed by atoms with Gasteiger partial charge in [-0.3, -0.25) is 0 Å². The molecular weight excluding hydrogens is 339 g/mol. The quantitative estimate of drug-likeness (QED) is 0.534. The Labute approximate surface area is 158 Å². The van der Waals surface area contributed by atoms with Gasteiger partial charge < -0.3 is 14.4 Å². The van der Waals surface area contributed by atoms with Gasteiger partial charge >= 0.3 is 0 Å². The highest BCUT2D eigenvalue weighted by atomic mass is 19.1. The number of anilines is 1. The number of hydrogen-bond acceptors (Lipinski definition) is 3. The van der Waals surface area contributed by atoms with Crippen LogP contribution in [0.2, 0.25) is 0 Å². The summed E-state index contributed by atoms with van der Waals surface area (Å²) in [5.74, 6) is -0.158. The maximum Gasteiger partial charge on any atom is 0.147 e. The molecule has 0 amide bonds. The van der Waals surface area contributed by atoms with E-state index in [2.05, 4.69) is 40.6 Å². The van der Waals surface area contributed by atoms with E-state index < -0.39 is 0 Å². The van der Waals surface area contributed by atoms with Gasteiger partial charge in [-0.15, -0.1) is 0 Å². The molecule has 5 heteroatoms. The third-order valence-corrected chi connectivity index (χ3v) is 5.78. The van der Waals surface area contributed by atoms with Crippen molar-refractivity contribution >= 4 is 27.5 Å². The number of likely N-dealkylation sites (N-methyl/N-ethyl adjacent to an activating group) is 1. The summed E-state index contributed by atoms with van der Waals surface area (Å²) < 4.78 is 17.3. The average molecular weight is 362 g/mol. The first kappa shape index (κ1) is 16.5. The largest absolute Gasteiger partial charge is 0.367 e. The Hall–Kier alpha value is -2.66. The molecule has 5 rings (SSSR count). The molecule has 1 saturated heterocycles. The van der Waals surface area contributed by atoms with E-state index in [0.29, 0.717) is 5.69 Å². The Bertz CT molecular complexity index is 1110. The highest BCUT2D eigenvalue weighted by Gasteiger charge is 2.22. The molecule has 0 atom stereocenters. The predicted octanol–water partition coefficient (Wildman–Crippen LogP) is 4.21. The lowest BCUT2D eigenvalue weighted by molar-refractivity contribution is 0.312. The second-order valence-electron chi connectivity index (χ2n) is 7.42. The van der Waals surface area contributed by atoms with Gasteiger partial charge in [-0.05, 0) is 32.2 Å². The normalized spacial score (nSPS) is 16.0. The molecule has 4 nitrogen and oxygen atoms in total. The second kappa shape index (κ2) is 6.20. The Balaban J connectivity index is 1.75. The average Bonchev–Trinajstić information content (AvgIpc) is 3.06. The van der Waals surface area contributed by atoms with E-state index in [9.17, 15) is 0 Å². The van der Waals surface area contributed by atoms with Crippen molar-refractivity contribution in [3.05, 3.63) is 48.4 Å². The molecule has 0 N–H and O–H groups in total. The molecule has 3 heterocycles. The minimum atomic E-state index is -0.158. The molecule has 27 heavy (non-hydrogen) atoms. The van der Waals surface area contributed by atoms with E-state index in [1.807, 2.05) is 24.3 Å². The lowest BCUT2D eigenvalue weighted by atomic mass is 10.0. The lowest BCUT2D eigenvalue weighted by Crippen LogP contribution is -2.44. The molecule has 0 spiro atoms. The Morgan fingerprint density at radius 2 is 1.81 bits per heavy atom. The molecule has 3 aliphatic rings. The molecule has 2 aromatic carbocycles. The van der Waals surface area contributed by atoms with Crippen LogP contribution >= 0.6 is 0 Å². The molecule has 1 fully saturated rings. The monoisotopic (exact) mass is 362 g/mol. The van der Waals surface area contributed by atoms with Crippen LogP contribution in [0, 0.1) is 5.82 Å². The van der Waals surface area contributed by atoms with Crippen LogP contribution in [-0.4, -0.2) is 47.7 Å². The van der Waals surface area contributed by atoms with Gasteiger partial charge in [0, 0.05) is 55.3 Å². The zero-order valence-corrected chi connectivity index (χ0v) is 15.7. The maximum atomic E-state index is 15.1. The molecule has 2 aromatic rings. The zero-order valence-electron chi connectivity index (χ0n) is 15.7. The molecule has 138 valence electrons. The van der Waals surface area contributed by atoms with E-state index >= 15 is 4.39 Å². The van der Waals surface area contributed by atoms with Crippen LogP contribution in [0.25, 0.3) is 33.1 Å². The zero-order chi connectivity index (χ0) is 18.5. The Morgan fingerprint density at radius 3 is 2.59 bits per heavy atom. The molecular formula is C22H23FN4. The van der Waals surface area contributed by atoms with Crippen molar-refractivity contribution in [2.24, 2.45) is 0 Å². The number of nitrogens with zero attached hydrogens (tertiary/aromatic N) is 4. The Kier molecular flexibility index (Phi) is 3.79. The van der Waals surface area contributed by atoms with Crippen LogP contribution in [0.15, 0.2) is 42.6 Å². The fraction of sp³-hybridized carbons (Fsp3) is 0.318. The number of fused-ring (bicyclic) bond motifs is 5. The number of benzene rings is 2. The van der Waals surface area contributed by atoms with E-state index in [-0.39, 0.29) is 5.82 Å². The van der Waals surface area contributed by atoms with Crippen molar-refractivity contribution in [2.45, 2.75) is 13.5 Å². The van der Waals surface area contributed by atoms with Crippen molar-refractivity contribution in [1.82, 2.24) is 14.5 Å². The summed E-state index contributed by atoms with van der Waals surface area (Å²) in [6.07, 6.45) is 2.17. The van der Waals surface area contributed by atoms with Gasteiger partial charge in [0.1, 0.15) is 5.82 Å². The van der Waals surface area contributed by atoms with Crippen molar-refractivity contribution in [2.75, 3.05) is 38.1 Å². The van der Waals surface area contributed by atoms with Gasteiger partial charge in [-0.2, -0.15) is 0 Å². The van der Waals surface area contributed by atoms with Crippen LogP contribution < -0.4 is 4.90 Å². The molecule has 0 saturated carbocycles. The SMILES string of the molecule is CCn1cc2c3ccccc3nc-2c2cc(F)c(N3CCN(C)CC3)cc21. The molecule has 3 aliphatic heterocycles. The molecule has 0 bridgehead atoms. The van der Waals surface area contributed by atoms with Crippen molar-refractivity contribution in [3.63, 3.8) is 0 Å². The molecule has 0 aliphatic carbocycles. The fourth-order valence-electron chi connectivity index (χ4n) is 4.20. The summed E-state index contributed by atoms with van der Waals surface area (Å²) in [6, 6.07) is 11.8.